The second-order valence-electron chi connectivity index (χ2n) is 7.24. The van der Waals surface area contributed by atoms with Gasteiger partial charge in [0.25, 0.3) is 0 Å². The summed E-state index contributed by atoms with van der Waals surface area (Å²) in [6.07, 6.45) is 4.35. The van der Waals surface area contributed by atoms with E-state index in [9.17, 15) is 9.90 Å². The summed E-state index contributed by atoms with van der Waals surface area (Å²) in [6.45, 7) is 3.71. The zero-order chi connectivity index (χ0) is 15.6. The first-order valence-electron chi connectivity index (χ1n) is 8.16. The van der Waals surface area contributed by atoms with Crippen molar-refractivity contribution in [3.63, 3.8) is 0 Å². The van der Waals surface area contributed by atoms with Gasteiger partial charge in [0.1, 0.15) is 6.61 Å². The molecule has 1 heterocycles. The molecule has 1 amide bonds. The molecule has 0 radical (unpaired) electrons. The quantitative estimate of drug-likeness (QED) is 0.928. The number of rotatable bonds is 4. The fourth-order valence-corrected chi connectivity index (χ4v) is 3.28. The summed E-state index contributed by atoms with van der Waals surface area (Å²) in [4.78, 5) is 13.8. The number of aliphatic hydroxyl groups is 1. The average Bonchev–Trinajstić information content (AvgIpc) is 3.23. The number of nitrogens with zero attached hydrogens (tertiary/aromatic N) is 1. The number of hydrogen-bond acceptors (Lipinski definition) is 3. The SMILES string of the molecule is CC1(CC2(O)CCN(C(=O)OCc3ccccc3)CC2)CC1. The largest absolute Gasteiger partial charge is 0.445 e. The third kappa shape index (κ3) is 3.80. The maximum absolute atomic E-state index is 12.1. The summed E-state index contributed by atoms with van der Waals surface area (Å²) < 4.78 is 5.35. The summed E-state index contributed by atoms with van der Waals surface area (Å²) in [5.74, 6) is 0. The Kier molecular flexibility index (Phi) is 4.13. The predicted octanol–water partition coefficient (Wildman–Crippen LogP) is 3.34. The van der Waals surface area contributed by atoms with E-state index < -0.39 is 5.60 Å². The molecule has 22 heavy (non-hydrogen) atoms. The molecule has 2 aliphatic rings. The van der Waals surface area contributed by atoms with Crippen LogP contribution in [-0.4, -0.2) is 34.8 Å². The molecule has 1 aromatic carbocycles. The van der Waals surface area contributed by atoms with Gasteiger partial charge < -0.3 is 14.7 Å². The number of piperidine rings is 1. The molecule has 1 N–H and O–H groups in total. The van der Waals surface area contributed by atoms with Gasteiger partial charge >= 0.3 is 6.09 Å². The molecule has 1 aliphatic heterocycles. The van der Waals surface area contributed by atoms with Gasteiger partial charge in [-0.2, -0.15) is 0 Å². The lowest BCUT2D eigenvalue weighted by molar-refractivity contribution is -0.0392. The van der Waals surface area contributed by atoms with Gasteiger partial charge in [-0.1, -0.05) is 37.3 Å². The van der Waals surface area contributed by atoms with Crippen LogP contribution in [0.2, 0.25) is 0 Å². The minimum absolute atomic E-state index is 0.275. The number of ether oxygens (including phenoxy) is 1. The zero-order valence-corrected chi connectivity index (χ0v) is 13.3. The number of likely N-dealkylation sites (tertiary alicyclic amines) is 1. The lowest BCUT2D eigenvalue weighted by Crippen LogP contribution is -2.47. The summed E-state index contributed by atoms with van der Waals surface area (Å²) in [7, 11) is 0. The first-order valence-corrected chi connectivity index (χ1v) is 8.16. The predicted molar refractivity (Wildman–Crippen MR) is 84.3 cm³/mol. The molecular weight excluding hydrogens is 278 g/mol. The van der Waals surface area contributed by atoms with Crippen molar-refractivity contribution in [1.29, 1.82) is 0 Å². The van der Waals surface area contributed by atoms with Crippen LogP contribution in [0.25, 0.3) is 0 Å². The molecule has 0 unspecified atom stereocenters. The van der Waals surface area contributed by atoms with E-state index in [1.165, 1.54) is 12.8 Å². The second kappa shape index (κ2) is 5.92. The van der Waals surface area contributed by atoms with E-state index in [1.807, 2.05) is 30.3 Å². The van der Waals surface area contributed by atoms with E-state index in [4.69, 9.17) is 4.74 Å². The van der Waals surface area contributed by atoms with Crippen LogP contribution in [-0.2, 0) is 11.3 Å². The standard InChI is InChI=1S/C18H25NO3/c1-17(7-8-17)14-18(21)9-11-19(12-10-18)16(20)22-13-15-5-3-2-4-6-15/h2-6,21H,7-14H2,1H3. The van der Waals surface area contributed by atoms with Gasteiger partial charge in [0, 0.05) is 13.1 Å². The Balaban J connectivity index is 1.45. The third-order valence-electron chi connectivity index (χ3n) is 5.02. The second-order valence-corrected chi connectivity index (χ2v) is 7.24. The molecule has 1 saturated carbocycles. The van der Waals surface area contributed by atoms with E-state index in [-0.39, 0.29) is 6.09 Å². The van der Waals surface area contributed by atoms with Gasteiger partial charge in [-0.15, -0.1) is 0 Å². The Morgan fingerprint density at radius 2 is 1.82 bits per heavy atom. The summed E-state index contributed by atoms with van der Waals surface area (Å²) in [5.41, 5.74) is 0.734. The van der Waals surface area contributed by atoms with Crippen LogP contribution in [0, 0.1) is 5.41 Å². The highest BCUT2D eigenvalue weighted by Crippen LogP contribution is 2.52. The molecule has 0 bridgehead atoms. The van der Waals surface area contributed by atoms with Crippen molar-refractivity contribution in [2.24, 2.45) is 5.41 Å². The smallest absolute Gasteiger partial charge is 0.410 e. The molecule has 1 aliphatic carbocycles. The van der Waals surface area contributed by atoms with Gasteiger partial charge in [-0.05, 0) is 43.1 Å². The molecular formula is C18H25NO3. The van der Waals surface area contributed by atoms with Crippen LogP contribution in [0.1, 0.15) is 44.6 Å². The van der Waals surface area contributed by atoms with Crippen LogP contribution >= 0.6 is 0 Å². The molecule has 1 saturated heterocycles. The van der Waals surface area contributed by atoms with Crippen molar-refractivity contribution in [2.45, 2.75) is 51.2 Å². The fraction of sp³-hybridized carbons (Fsp3) is 0.611. The van der Waals surface area contributed by atoms with Crippen LogP contribution in [0.5, 0.6) is 0 Å². The zero-order valence-electron chi connectivity index (χ0n) is 13.3. The number of hydrogen-bond donors (Lipinski definition) is 1. The van der Waals surface area contributed by atoms with Crippen LogP contribution in [0.3, 0.4) is 0 Å². The van der Waals surface area contributed by atoms with Gasteiger partial charge in [0.2, 0.25) is 0 Å². The average molecular weight is 303 g/mol. The lowest BCUT2D eigenvalue weighted by atomic mass is 9.82. The van der Waals surface area contributed by atoms with Gasteiger partial charge in [-0.25, -0.2) is 4.79 Å². The number of benzene rings is 1. The lowest BCUT2D eigenvalue weighted by Gasteiger charge is -2.39. The molecule has 1 aromatic rings. The monoisotopic (exact) mass is 303 g/mol. The topological polar surface area (TPSA) is 49.8 Å². The van der Waals surface area contributed by atoms with Crippen molar-refractivity contribution in [1.82, 2.24) is 4.90 Å². The minimum Gasteiger partial charge on any atom is -0.445 e. The molecule has 0 atom stereocenters. The Morgan fingerprint density at radius 3 is 2.41 bits per heavy atom. The molecule has 3 rings (SSSR count). The van der Waals surface area contributed by atoms with E-state index in [2.05, 4.69) is 6.92 Å². The van der Waals surface area contributed by atoms with Gasteiger partial charge in [-0.3, -0.25) is 0 Å². The van der Waals surface area contributed by atoms with E-state index in [0.29, 0.717) is 38.0 Å². The Hall–Kier alpha value is -1.55. The summed E-state index contributed by atoms with van der Waals surface area (Å²) in [5, 5.41) is 10.7. The van der Waals surface area contributed by atoms with Crippen LogP contribution < -0.4 is 0 Å². The Labute approximate surface area is 132 Å². The molecule has 4 nitrogen and oxygen atoms in total. The van der Waals surface area contributed by atoms with Crippen LogP contribution in [0.15, 0.2) is 30.3 Å². The highest BCUT2D eigenvalue weighted by Gasteiger charge is 2.46. The minimum atomic E-state index is -0.596. The number of amides is 1. The Bertz CT molecular complexity index is 516. The Morgan fingerprint density at radius 1 is 1.18 bits per heavy atom. The van der Waals surface area contributed by atoms with Crippen molar-refractivity contribution in [3.05, 3.63) is 35.9 Å². The van der Waals surface area contributed by atoms with Crippen molar-refractivity contribution in [3.8, 4) is 0 Å². The van der Waals surface area contributed by atoms with E-state index in [0.717, 1.165) is 12.0 Å². The summed E-state index contributed by atoms with van der Waals surface area (Å²) in [6, 6.07) is 9.69. The van der Waals surface area contributed by atoms with E-state index in [1.54, 1.807) is 4.90 Å². The van der Waals surface area contributed by atoms with Crippen molar-refractivity contribution < 1.29 is 14.6 Å². The van der Waals surface area contributed by atoms with Crippen LogP contribution in [0.4, 0.5) is 4.79 Å². The highest BCUT2D eigenvalue weighted by atomic mass is 16.6. The normalized spacial score (nSPS) is 22.2. The summed E-state index contributed by atoms with van der Waals surface area (Å²) >= 11 is 0. The maximum Gasteiger partial charge on any atom is 0.410 e. The van der Waals surface area contributed by atoms with Gasteiger partial charge in [0.05, 0.1) is 5.60 Å². The number of carbonyl (C=O) groups is 1. The molecule has 0 spiro atoms. The third-order valence-corrected chi connectivity index (χ3v) is 5.02. The highest BCUT2D eigenvalue weighted by molar-refractivity contribution is 5.67. The number of carbonyl (C=O) groups excluding carboxylic acids is 1. The van der Waals surface area contributed by atoms with E-state index >= 15 is 0 Å². The molecule has 0 aromatic heterocycles. The maximum atomic E-state index is 12.1. The van der Waals surface area contributed by atoms with Crippen molar-refractivity contribution in [2.75, 3.05) is 13.1 Å². The molecule has 2 fully saturated rings. The molecule has 120 valence electrons. The molecule has 4 heteroatoms. The van der Waals surface area contributed by atoms with Gasteiger partial charge in [0.15, 0.2) is 0 Å². The fourth-order valence-electron chi connectivity index (χ4n) is 3.28. The first-order chi connectivity index (χ1) is 10.5. The van der Waals surface area contributed by atoms with Crippen molar-refractivity contribution >= 4 is 6.09 Å². The first kappa shape index (κ1) is 15.3.